The van der Waals surface area contributed by atoms with E-state index in [0.717, 1.165) is 13.1 Å². The summed E-state index contributed by atoms with van der Waals surface area (Å²) in [5.41, 5.74) is 1.28. The topological polar surface area (TPSA) is 48.7 Å². The van der Waals surface area contributed by atoms with E-state index >= 15 is 0 Å². The van der Waals surface area contributed by atoms with Crippen molar-refractivity contribution < 1.29 is 0 Å². The third-order valence-electron chi connectivity index (χ3n) is 2.42. The highest BCUT2D eigenvalue weighted by Crippen LogP contribution is 2.20. The van der Waals surface area contributed by atoms with Crippen LogP contribution in [0.5, 0.6) is 0 Å². The van der Waals surface area contributed by atoms with E-state index in [-0.39, 0.29) is 5.41 Å². The van der Waals surface area contributed by atoms with Crippen molar-refractivity contribution in [3.05, 3.63) is 30.1 Å². The summed E-state index contributed by atoms with van der Waals surface area (Å²) in [6, 6.07) is 6.15. The first-order valence-corrected chi connectivity index (χ1v) is 5.15. The normalized spacial score (nSPS) is 11.0. The first-order valence-electron chi connectivity index (χ1n) is 5.15. The average molecular weight is 203 g/mol. The molecule has 0 aliphatic rings. The van der Waals surface area contributed by atoms with Crippen LogP contribution in [0.1, 0.15) is 25.8 Å². The molecule has 1 aromatic heterocycles. The number of hydrogen-bond donors (Lipinski definition) is 1. The second kappa shape index (κ2) is 5.47. The maximum Gasteiger partial charge on any atom is 0.0635 e. The van der Waals surface area contributed by atoms with Gasteiger partial charge in [-0.1, -0.05) is 19.9 Å². The summed E-state index contributed by atoms with van der Waals surface area (Å²) in [4.78, 5) is 4.12. The van der Waals surface area contributed by atoms with Gasteiger partial charge in [0.25, 0.3) is 0 Å². The summed E-state index contributed by atoms with van der Waals surface area (Å²) in [5.74, 6) is 0. The summed E-state index contributed by atoms with van der Waals surface area (Å²) in [6.07, 6.45) is 4.23. The van der Waals surface area contributed by atoms with Crippen LogP contribution in [0, 0.1) is 11.3 Å². The van der Waals surface area contributed by atoms with Crippen LogP contribution in [0.3, 0.4) is 0 Å². The highest BCUT2D eigenvalue weighted by Gasteiger charge is 2.19. The second-order valence-electron chi connectivity index (χ2n) is 4.21. The molecule has 3 heteroatoms. The predicted molar refractivity (Wildman–Crippen MR) is 60.4 cm³/mol. The lowest BCUT2D eigenvalue weighted by molar-refractivity contribution is 0.472. The summed E-state index contributed by atoms with van der Waals surface area (Å²) < 4.78 is 0. The molecule has 15 heavy (non-hydrogen) atoms. The Morgan fingerprint density at radius 2 is 2.33 bits per heavy atom. The van der Waals surface area contributed by atoms with E-state index in [2.05, 4.69) is 36.3 Å². The van der Waals surface area contributed by atoms with Gasteiger partial charge in [0.05, 0.1) is 6.07 Å². The zero-order valence-corrected chi connectivity index (χ0v) is 9.33. The van der Waals surface area contributed by atoms with E-state index in [9.17, 15) is 0 Å². The van der Waals surface area contributed by atoms with Gasteiger partial charge in [-0.05, 0) is 11.6 Å². The standard InChI is InChI=1S/C12H17N3/c1-12(2,10-15-8-4-6-13)11-5-3-7-14-9-11/h3,5,7,9,15H,4,8,10H2,1-2H3. The third kappa shape index (κ3) is 3.69. The van der Waals surface area contributed by atoms with Gasteiger partial charge in [-0.2, -0.15) is 5.26 Å². The van der Waals surface area contributed by atoms with Crippen LogP contribution in [0.2, 0.25) is 0 Å². The molecule has 0 amide bonds. The van der Waals surface area contributed by atoms with Crippen molar-refractivity contribution in [3.8, 4) is 6.07 Å². The predicted octanol–water partition coefficient (Wildman–Crippen LogP) is 1.86. The molecule has 1 N–H and O–H groups in total. The van der Waals surface area contributed by atoms with Crippen molar-refractivity contribution >= 4 is 0 Å². The van der Waals surface area contributed by atoms with Gasteiger partial charge in [0.1, 0.15) is 0 Å². The maximum absolute atomic E-state index is 8.41. The molecule has 0 bridgehead atoms. The quantitative estimate of drug-likeness (QED) is 0.743. The summed E-state index contributed by atoms with van der Waals surface area (Å²) in [5, 5.41) is 11.7. The molecule has 3 nitrogen and oxygen atoms in total. The minimum Gasteiger partial charge on any atom is -0.315 e. The zero-order chi connectivity index (χ0) is 11.1. The largest absolute Gasteiger partial charge is 0.315 e. The molecule has 0 aliphatic carbocycles. The highest BCUT2D eigenvalue weighted by atomic mass is 14.9. The minimum atomic E-state index is 0.0592. The minimum absolute atomic E-state index is 0.0592. The maximum atomic E-state index is 8.41. The van der Waals surface area contributed by atoms with Crippen LogP contribution in [0.15, 0.2) is 24.5 Å². The van der Waals surface area contributed by atoms with Crippen LogP contribution >= 0.6 is 0 Å². The van der Waals surface area contributed by atoms with Crippen molar-refractivity contribution in [1.82, 2.24) is 10.3 Å². The SMILES string of the molecule is CC(C)(CNCCC#N)c1cccnc1. The molecule has 0 spiro atoms. The van der Waals surface area contributed by atoms with Gasteiger partial charge in [0, 0.05) is 37.3 Å². The van der Waals surface area contributed by atoms with Gasteiger partial charge in [-0.25, -0.2) is 0 Å². The Morgan fingerprint density at radius 3 is 2.93 bits per heavy atom. The molecule has 1 aromatic rings. The Kier molecular flexibility index (Phi) is 4.26. The lowest BCUT2D eigenvalue weighted by Crippen LogP contribution is -2.33. The van der Waals surface area contributed by atoms with Crippen molar-refractivity contribution in [2.24, 2.45) is 0 Å². The Hall–Kier alpha value is -1.40. The molecule has 1 heterocycles. The molecule has 0 unspecified atom stereocenters. The van der Waals surface area contributed by atoms with E-state index in [1.54, 1.807) is 6.20 Å². The zero-order valence-electron chi connectivity index (χ0n) is 9.33. The summed E-state index contributed by atoms with van der Waals surface area (Å²) >= 11 is 0. The van der Waals surface area contributed by atoms with Crippen molar-refractivity contribution in [2.75, 3.05) is 13.1 Å². The highest BCUT2D eigenvalue weighted by molar-refractivity contribution is 5.19. The fourth-order valence-corrected chi connectivity index (χ4v) is 1.41. The van der Waals surface area contributed by atoms with Gasteiger partial charge < -0.3 is 5.32 Å². The lowest BCUT2D eigenvalue weighted by Gasteiger charge is -2.25. The fraction of sp³-hybridized carbons (Fsp3) is 0.500. The van der Waals surface area contributed by atoms with Gasteiger partial charge >= 0.3 is 0 Å². The second-order valence-corrected chi connectivity index (χ2v) is 4.21. The third-order valence-corrected chi connectivity index (χ3v) is 2.42. The molecule has 80 valence electrons. The van der Waals surface area contributed by atoms with E-state index in [0.29, 0.717) is 6.42 Å². The van der Waals surface area contributed by atoms with E-state index in [1.165, 1.54) is 5.56 Å². The van der Waals surface area contributed by atoms with Crippen molar-refractivity contribution in [3.63, 3.8) is 0 Å². The number of nitriles is 1. The van der Waals surface area contributed by atoms with Crippen LogP contribution in [-0.4, -0.2) is 18.1 Å². The fourth-order valence-electron chi connectivity index (χ4n) is 1.41. The molecule has 0 radical (unpaired) electrons. The van der Waals surface area contributed by atoms with Gasteiger partial charge in [0.2, 0.25) is 0 Å². The number of rotatable bonds is 5. The van der Waals surface area contributed by atoms with E-state index in [4.69, 9.17) is 5.26 Å². The number of nitrogens with zero attached hydrogens (tertiary/aromatic N) is 2. The van der Waals surface area contributed by atoms with Crippen LogP contribution < -0.4 is 5.32 Å². The number of aromatic nitrogens is 1. The molecule has 0 atom stereocenters. The number of hydrogen-bond acceptors (Lipinski definition) is 3. The monoisotopic (exact) mass is 203 g/mol. The van der Waals surface area contributed by atoms with Crippen LogP contribution in [0.4, 0.5) is 0 Å². The lowest BCUT2D eigenvalue weighted by atomic mass is 9.86. The first kappa shape index (κ1) is 11.7. The first-order chi connectivity index (χ1) is 7.17. The Balaban J connectivity index is 2.49. The molecule has 0 saturated carbocycles. The summed E-state index contributed by atoms with van der Waals surface area (Å²) in [7, 11) is 0. The Morgan fingerprint density at radius 1 is 1.53 bits per heavy atom. The molecule has 0 fully saturated rings. The van der Waals surface area contributed by atoms with Crippen molar-refractivity contribution in [2.45, 2.75) is 25.7 Å². The number of pyridine rings is 1. The van der Waals surface area contributed by atoms with Gasteiger partial charge in [-0.3, -0.25) is 4.98 Å². The molecular formula is C12H17N3. The Labute approximate surface area is 91.1 Å². The van der Waals surface area contributed by atoms with Gasteiger partial charge in [0.15, 0.2) is 0 Å². The van der Waals surface area contributed by atoms with E-state index in [1.807, 2.05) is 12.3 Å². The van der Waals surface area contributed by atoms with Gasteiger partial charge in [-0.15, -0.1) is 0 Å². The van der Waals surface area contributed by atoms with Crippen LogP contribution in [0.25, 0.3) is 0 Å². The molecule has 1 rings (SSSR count). The molecule has 0 aliphatic heterocycles. The van der Waals surface area contributed by atoms with Crippen molar-refractivity contribution in [1.29, 1.82) is 5.26 Å². The Bertz CT molecular complexity index is 324. The molecule has 0 saturated heterocycles. The molecule has 0 aromatic carbocycles. The number of nitrogens with one attached hydrogen (secondary N) is 1. The average Bonchev–Trinajstić information content (AvgIpc) is 2.26. The smallest absolute Gasteiger partial charge is 0.0635 e. The van der Waals surface area contributed by atoms with E-state index < -0.39 is 0 Å². The summed E-state index contributed by atoms with van der Waals surface area (Å²) in [6.45, 7) is 5.95. The van der Waals surface area contributed by atoms with Crippen LogP contribution in [-0.2, 0) is 5.41 Å². The molecular weight excluding hydrogens is 186 g/mol.